The number of aromatic nitrogens is 2. The van der Waals surface area contributed by atoms with Crippen molar-refractivity contribution < 1.29 is 9.59 Å². The molecular weight excluding hydrogens is 316 g/mol. The molecule has 0 aliphatic heterocycles. The summed E-state index contributed by atoms with van der Waals surface area (Å²) in [5, 5.41) is 5.67. The van der Waals surface area contributed by atoms with Crippen LogP contribution in [0.5, 0.6) is 0 Å². The van der Waals surface area contributed by atoms with E-state index in [1.165, 1.54) is 6.33 Å². The summed E-state index contributed by atoms with van der Waals surface area (Å²) in [7, 11) is 0. The molecule has 25 heavy (non-hydrogen) atoms. The molecule has 1 heterocycles. The number of amides is 2. The minimum atomic E-state index is -0.245. The van der Waals surface area contributed by atoms with Crippen LogP contribution in [0.4, 0.5) is 5.69 Å². The molecule has 2 N–H and O–H groups in total. The normalized spacial score (nSPS) is 10.4. The van der Waals surface area contributed by atoms with Crippen LogP contribution in [-0.4, -0.2) is 28.3 Å². The lowest BCUT2D eigenvalue weighted by molar-refractivity contribution is 0.0954. The van der Waals surface area contributed by atoms with E-state index in [9.17, 15) is 9.59 Å². The molecule has 2 rings (SSSR count). The van der Waals surface area contributed by atoms with Gasteiger partial charge in [-0.15, -0.1) is 0 Å². The highest BCUT2D eigenvalue weighted by atomic mass is 16.2. The van der Waals surface area contributed by atoms with Gasteiger partial charge in [-0.1, -0.05) is 19.9 Å². The van der Waals surface area contributed by atoms with Crippen LogP contribution in [0.3, 0.4) is 0 Å². The van der Waals surface area contributed by atoms with E-state index in [0.717, 1.165) is 17.0 Å². The van der Waals surface area contributed by atoms with E-state index in [0.29, 0.717) is 36.2 Å². The monoisotopic (exact) mass is 340 g/mol. The SMILES string of the molecule is CCNC(=O)c1ccc(C)c(NC(=O)c2c(CC)ncnc2CC)c1. The van der Waals surface area contributed by atoms with Crippen molar-refractivity contribution in [2.45, 2.75) is 40.5 Å². The molecule has 0 radical (unpaired) electrons. The standard InChI is InChI=1S/C19H24N4O2/c1-5-14-17(15(6-2)22-11-21-14)19(25)23-16-10-13(9-8-12(16)4)18(24)20-7-3/h8-11H,5-7H2,1-4H3,(H,20,24)(H,23,25). The molecule has 0 atom stereocenters. The lowest BCUT2D eigenvalue weighted by Gasteiger charge is -2.14. The first-order chi connectivity index (χ1) is 12.0. The van der Waals surface area contributed by atoms with Gasteiger partial charge in [-0.25, -0.2) is 9.97 Å². The van der Waals surface area contributed by atoms with E-state index in [2.05, 4.69) is 20.6 Å². The van der Waals surface area contributed by atoms with Gasteiger partial charge < -0.3 is 10.6 Å². The van der Waals surface area contributed by atoms with Crippen molar-refractivity contribution in [2.75, 3.05) is 11.9 Å². The van der Waals surface area contributed by atoms with Gasteiger partial charge in [-0.2, -0.15) is 0 Å². The zero-order chi connectivity index (χ0) is 18.4. The Hall–Kier alpha value is -2.76. The van der Waals surface area contributed by atoms with Crippen LogP contribution in [0, 0.1) is 6.92 Å². The molecule has 0 aliphatic rings. The number of aryl methyl sites for hydroxylation is 3. The van der Waals surface area contributed by atoms with Gasteiger partial charge in [-0.3, -0.25) is 9.59 Å². The highest BCUT2D eigenvalue weighted by Gasteiger charge is 2.18. The summed E-state index contributed by atoms with van der Waals surface area (Å²) in [4.78, 5) is 33.3. The van der Waals surface area contributed by atoms with E-state index in [1.54, 1.807) is 12.1 Å². The van der Waals surface area contributed by atoms with Crippen molar-refractivity contribution in [1.29, 1.82) is 0 Å². The molecule has 132 valence electrons. The Balaban J connectivity index is 2.35. The second-order valence-corrected chi connectivity index (χ2v) is 5.69. The Morgan fingerprint density at radius 3 is 2.20 bits per heavy atom. The average Bonchev–Trinajstić information content (AvgIpc) is 2.62. The first-order valence-corrected chi connectivity index (χ1v) is 8.54. The van der Waals surface area contributed by atoms with Gasteiger partial charge >= 0.3 is 0 Å². The zero-order valence-corrected chi connectivity index (χ0v) is 15.1. The number of hydrogen-bond donors (Lipinski definition) is 2. The fraction of sp³-hybridized carbons (Fsp3) is 0.368. The molecule has 1 aromatic heterocycles. The molecule has 0 aliphatic carbocycles. The largest absolute Gasteiger partial charge is 0.352 e. The maximum absolute atomic E-state index is 12.8. The fourth-order valence-corrected chi connectivity index (χ4v) is 2.61. The van der Waals surface area contributed by atoms with Crippen LogP contribution in [0.15, 0.2) is 24.5 Å². The van der Waals surface area contributed by atoms with Gasteiger partial charge in [0.05, 0.1) is 17.0 Å². The average molecular weight is 340 g/mol. The predicted molar refractivity (Wildman–Crippen MR) is 97.9 cm³/mol. The Morgan fingerprint density at radius 1 is 1.00 bits per heavy atom. The fourth-order valence-electron chi connectivity index (χ4n) is 2.61. The molecule has 6 heteroatoms. The Bertz CT molecular complexity index is 765. The smallest absolute Gasteiger partial charge is 0.259 e. The number of benzene rings is 1. The second kappa shape index (κ2) is 8.37. The quantitative estimate of drug-likeness (QED) is 0.847. The van der Waals surface area contributed by atoms with Crippen molar-refractivity contribution in [3.8, 4) is 0 Å². The summed E-state index contributed by atoms with van der Waals surface area (Å²) in [6.07, 6.45) is 2.79. The third-order valence-corrected chi connectivity index (χ3v) is 3.99. The van der Waals surface area contributed by atoms with Crippen LogP contribution in [0.2, 0.25) is 0 Å². The van der Waals surface area contributed by atoms with E-state index in [1.807, 2.05) is 33.8 Å². The molecule has 2 aromatic rings. The van der Waals surface area contributed by atoms with Crippen LogP contribution in [-0.2, 0) is 12.8 Å². The van der Waals surface area contributed by atoms with Crippen molar-refractivity contribution >= 4 is 17.5 Å². The summed E-state index contributed by atoms with van der Waals surface area (Å²) in [5.41, 5.74) is 3.98. The van der Waals surface area contributed by atoms with Crippen molar-refractivity contribution in [1.82, 2.24) is 15.3 Å². The number of nitrogens with zero attached hydrogens (tertiary/aromatic N) is 2. The Kier molecular flexibility index (Phi) is 6.22. The lowest BCUT2D eigenvalue weighted by Crippen LogP contribution is -2.23. The first kappa shape index (κ1) is 18.6. The van der Waals surface area contributed by atoms with Gasteiger partial charge in [0, 0.05) is 17.8 Å². The van der Waals surface area contributed by atoms with E-state index < -0.39 is 0 Å². The van der Waals surface area contributed by atoms with Crippen LogP contribution in [0.25, 0.3) is 0 Å². The number of anilines is 1. The third kappa shape index (κ3) is 4.21. The topological polar surface area (TPSA) is 84.0 Å². The molecule has 2 amide bonds. The highest BCUT2D eigenvalue weighted by molar-refractivity contribution is 6.07. The van der Waals surface area contributed by atoms with Gasteiger partial charge in [0.15, 0.2) is 0 Å². The van der Waals surface area contributed by atoms with Gasteiger partial charge in [0.1, 0.15) is 6.33 Å². The minimum absolute atomic E-state index is 0.162. The molecule has 6 nitrogen and oxygen atoms in total. The van der Waals surface area contributed by atoms with Crippen LogP contribution >= 0.6 is 0 Å². The zero-order valence-electron chi connectivity index (χ0n) is 15.1. The summed E-state index contributed by atoms with van der Waals surface area (Å²) >= 11 is 0. The molecule has 0 saturated carbocycles. The minimum Gasteiger partial charge on any atom is -0.352 e. The Labute approximate surface area is 148 Å². The number of nitrogens with one attached hydrogen (secondary N) is 2. The van der Waals surface area contributed by atoms with Crippen molar-refractivity contribution in [3.05, 3.63) is 52.6 Å². The maximum atomic E-state index is 12.8. The van der Waals surface area contributed by atoms with E-state index in [4.69, 9.17) is 0 Å². The summed E-state index contributed by atoms with van der Waals surface area (Å²) in [6.45, 7) is 8.22. The first-order valence-electron chi connectivity index (χ1n) is 8.54. The summed E-state index contributed by atoms with van der Waals surface area (Å²) in [6, 6.07) is 5.26. The molecule has 0 fully saturated rings. The van der Waals surface area contributed by atoms with Crippen molar-refractivity contribution in [2.24, 2.45) is 0 Å². The number of hydrogen-bond acceptors (Lipinski definition) is 4. The number of carbonyl (C=O) groups is 2. The van der Waals surface area contributed by atoms with Gasteiger partial charge in [-0.05, 0) is 44.4 Å². The highest BCUT2D eigenvalue weighted by Crippen LogP contribution is 2.20. The second-order valence-electron chi connectivity index (χ2n) is 5.69. The van der Waals surface area contributed by atoms with E-state index in [-0.39, 0.29) is 11.8 Å². The molecule has 0 bridgehead atoms. The third-order valence-electron chi connectivity index (χ3n) is 3.99. The summed E-state index contributed by atoms with van der Waals surface area (Å²) < 4.78 is 0. The summed E-state index contributed by atoms with van der Waals surface area (Å²) in [5.74, 6) is -0.407. The van der Waals surface area contributed by atoms with Gasteiger partial charge in [0.25, 0.3) is 11.8 Å². The molecule has 0 saturated heterocycles. The van der Waals surface area contributed by atoms with Crippen LogP contribution in [0.1, 0.15) is 58.4 Å². The molecule has 0 spiro atoms. The molecule has 1 aromatic carbocycles. The van der Waals surface area contributed by atoms with Crippen molar-refractivity contribution in [3.63, 3.8) is 0 Å². The van der Waals surface area contributed by atoms with Crippen LogP contribution < -0.4 is 10.6 Å². The van der Waals surface area contributed by atoms with Gasteiger partial charge in [0.2, 0.25) is 0 Å². The predicted octanol–water partition coefficient (Wildman–Crippen LogP) is 2.91. The number of carbonyl (C=O) groups excluding carboxylic acids is 2. The maximum Gasteiger partial charge on any atom is 0.259 e. The molecular formula is C19H24N4O2. The lowest BCUT2D eigenvalue weighted by atomic mass is 10.1. The number of rotatable bonds is 6. The molecule has 0 unspecified atom stereocenters. The van der Waals surface area contributed by atoms with E-state index >= 15 is 0 Å². The Morgan fingerprint density at radius 2 is 1.64 bits per heavy atom.